The van der Waals surface area contributed by atoms with Gasteiger partial charge in [0.1, 0.15) is 5.56 Å². The average Bonchev–Trinajstić information content (AvgIpc) is 3.15. The maximum absolute atomic E-state index is 12.7. The zero-order chi connectivity index (χ0) is 16.8. The summed E-state index contributed by atoms with van der Waals surface area (Å²) in [6.45, 7) is 0.422. The molecule has 24 heavy (non-hydrogen) atoms. The van der Waals surface area contributed by atoms with Crippen LogP contribution in [-0.2, 0) is 6.54 Å². The van der Waals surface area contributed by atoms with Gasteiger partial charge in [0.25, 0.3) is 5.91 Å². The van der Waals surface area contributed by atoms with Crippen molar-refractivity contribution in [2.24, 2.45) is 0 Å². The second-order valence-corrected chi connectivity index (χ2v) is 5.08. The molecule has 2 aromatic heterocycles. The zero-order valence-corrected chi connectivity index (χ0v) is 13.2. The van der Waals surface area contributed by atoms with Gasteiger partial charge in [0.05, 0.1) is 32.1 Å². The quantitative estimate of drug-likeness (QED) is 0.748. The molecular formula is C17H17N5O2. The van der Waals surface area contributed by atoms with E-state index < -0.39 is 0 Å². The minimum absolute atomic E-state index is 0.263. The Morgan fingerprint density at radius 3 is 2.58 bits per heavy atom. The van der Waals surface area contributed by atoms with E-state index in [9.17, 15) is 4.79 Å². The number of carbonyl (C=O) groups excluding carboxylic acids is 1. The Kier molecular flexibility index (Phi) is 4.81. The highest BCUT2D eigenvalue weighted by Gasteiger charge is 2.19. The van der Waals surface area contributed by atoms with E-state index in [-0.39, 0.29) is 11.9 Å². The third-order valence-corrected chi connectivity index (χ3v) is 3.53. The summed E-state index contributed by atoms with van der Waals surface area (Å²) in [7, 11) is 1.49. The highest BCUT2D eigenvalue weighted by Crippen LogP contribution is 2.18. The number of ether oxygens (including phenoxy) is 1. The minimum atomic E-state index is -0.281. The maximum Gasteiger partial charge on any atom is 0.257 e. The van der Waals surface area contributed by atoms with Gasteiger partial charge in [-0.1, -0.05) is 30.3 Å². The molecule has 1 N–H and O–H groups in total. The highest BCUT2D eigenvalue weighted by atomic mass is 16.5. The first-order chi connectivity index (χ1) is 11.8. The van der Waals surface area contributed by atoms with E-state index in [2.05, 4.69) is 20.5 Å². The predicted octanol–water partition coefficient (Wildman–Crippen LogP) is 1.85. The fraction of sp³-hybridized carbons (Fsp3) is 0.176. The second kappa shape index (κ2) is 7.36. The fourth-order valence-electron chi connectivity index (χ4n) is 2.38. The van der Waals surface area contributed by atoms with Crippen molar-refractivity contribution in [3.8, 4) is 5.88 Å². The monoisotopic (exact) mass is 323 g/mol. The molecule has 0 bridgehead atoms. The van der Waals surface area contributed by atoms with Gasteiger partial charge < -0.3 is 10.1 Å². The van der Waals surface area contributed by atoms with Crippen LogP contribution in [0.1, 0.15) is 22.0 Å². The summed E-state index contributed by atoms with van der Waals surface area (Å²) in [5.41, 5.74) is 1.35. The van der Waals surface area contributed by atoms with Crippen molar-refractivity contribution in [2.75, 3.05) is 7.11 Å². The molecule has 3 aromatic rings. The van der Waals surface area contributed by atoms with Crippen LogP contribution < -0.4 is 10.1 Å². The Balaban J connectivity index is 1.84. The number of hydrogen-bond donors (Lipinski definition) is 1. The van der Waals surface area contributed by atoms with Crippen LogP contribution in [0.2, 0.25) is 0 Å². The van der Waals surface area contributed by atoms with Gasteiger partial charge >= 0.3 is 0 Å². The van der Waals surface area contributed by atoms with Gasteiger partial charge in [-0.05, 0) is 17.7 Å². The van der Waals surface area contributed by atoms with Gasteiger partial charge in [-0.15, -0.1) is 0 Å². The largest absolute Gasteiger partial charge is 0.480 e. The van der Waals surface area contributed by atoms with Crippen molar-refractivity contribution in [1.82, 2.24) is 25.3 Å². The van der Waals surface area contributed by atoms with Gasteiger partial charge in [0.15, 0.2) is 0 Å². The number of nitrogens with zero attached hydrogens (tertiary/aromatic N) is 4. The molecule has 0 aliphatic heterocycles. The summed E-state index contributed by atoms with van der Waals surface area (Å²) in [4.78, 5) is 18.3. The molecule has 3 rings (SSSR count). The summed E-state index contributed by atoms with van der Waals surface area (Å²) in [6, 6.07) is 12.8. The van der Waals surface area contributed by atoms with Crippen LogP contribution >= 0.6 is 0 Å². The van der Waals surface area contributed by atoms with E-state index in [1.807, 2.05) is 30.3 Å². The lowest BCUT2D eigenvalue weighted by molar-refractivity contribution is 0.0927. The molecule has 1 amide bonds. The van der Waals surface area contributed by atoms with E-state index >= 15 is 0 Å². The van der Waals surface area contributed by atoms with Crippen LogP contribution in [0.25, 0.3) is 0 Å². The summed E-state index contributed by atoms with van der Waals surface area (Å²) < 4.78 is 5.16. The van der Waals surface area contributed by atoms with Crippen LogP contribution in [0.4, 0.5) is 0 Å². The first-order valence-electron chi connectivity index (χ1n) is 7.47. The van der Waals surface area contributed by atoms with Crippen molar-refractivity contribution < 1.29 is 9.53 Å². The fourth-order valence-corrected chi connectivity index (χ4v) is 2.38. The Morgan fingerprint density at radius 2 is 1.88 bits per heavy atom. The van der Waals surface area contributed by atoms with Crippen LogP contribution in [0.3, 0.4) is 0 Å². The van der Waals surface area contributed by atoms with E-state index in [0.29, 0.717) is 18.0 Å². The molecule has 1 aromatic carbocycles. The molecule has 0 radical (unpaired) electrons. The normalized spacial score (nSPS) is 11.7. The van der Waals surface area contributed by atoms with Gasteiger partial charge in [-0.25, -0.2) is 4.98 Å². The van der Waals surface area contributed by atoms with Crippen molar-refractivity contribution >= 4 is 5.91 Å². The molecule has 7 heteroatoms. The van der Waals surface area contributed by atoms with Crippen molar-refractivity contribution in [3.05, 3.63) is 72.2 Å². The van der Waals surface area contributed by atoms with Gasteiger partial charge in [-0.2, -0.15) is 15.0 Å². The molecule has 1 atom stereocenters. The van der Waals surface area contributed by atoms with E-state index in [1.54, 1.807) is 35.5 Å². The Labute approximate surface area is 139 Å². The van der Waals surface area contributed by atoms with Crippen molar-refractivity contribution in [1.29, 1.82) is 0 Å². The van der Waals surface area contributed by atoms with Crippen LogP contribution in [0.15, 0.2) is 61.1 Å². The summed E-state index contributed by atoms with van der Waals surface area (Å²) >= 11 is 0. The average molecular weight is 323 g/mol. The highest BCUT2D eigenvalue weighted by molar-refractivity contribution is 5.96. The smallest absolute Gasteiger partial charge is 0.257 e. The number of hydrogen-bond acceptors (Lipinski definition) is 5. The first-order valence-corrected chi connectivity index (χ1v) is 7.47. The number of aromatic nitrogens is 4. The second-order valence-electron chi connectivity index (χ2n) is 5.08. The molecule has 0 aliphatic rings. The molecule has 7 nitrogen and oxygen atoms in total. The van der Waals surface area contributed by atoms with Crippen LogP contribution in [0.5, 0.6) is 5.88 Å². The van der Waals surface area contributed by atoms with E-state index in [0.717, 1.165) is 5.56 Å². The Bertz CT molecular complexity index is 790. The molecular weight excluding hydrogens is 306 g/mol. The summed E-state index contributed by atoms with van der Waals surface area (Å²) in [5, 5.41) is 11.2. The topological polar surface area (TPSA) is 81.9 Å². The number of nitrogens with one attached hydrogen (secondary N) is 1. The lowest BCUT2D eigenvalue weighted by Gasteiger charge is -2.19. The van der Waals surface area contributed by atoms with Crippen molar-refractivity contribution in [2.45, 2.75) is 12.6 Å². The number of rotatable bonds is 6. The summed E-state index contributed by atoms with van der Waals surface area (Å²) in [5.74, 6) is 0.0278. The number of amides is 1. The number of benzene rings is 1. The molecule has 0 saturated heterocycles. The molecule has 0 aliphatic carbocycles. The lowest BCUT2D eigenvalue weighted by atomic mass is 10.1. The molecule has 0 saturated carbocycles. The van der Waals surface area contributed by atoms with E-state index in [4.69, 9.17) is 4.74 Å². The molecule has 0 unspecified atom stereocenters. The SMILES string of the molecule is COc1ncccc1C(=O)N[C@H](Cn1nccn1)c1ccccc1. The van der Waals surface area contributed by atoms with Gasteiger partial charge in [-0.3, -0.25) is 4.79 Å². The van der Waals surface area contributed by atoms with Gasteiger partial charge in [0.2, 0.25) is 5.88 Å². The van der Waals surface area contributed by atoms with Gasteiger partial charge in [0, 0.05) is 6.20 Å². The number of pyridine rings is 1. The Morgan fingerprint density at radius 1 is 1.12 bits per heavy atom. The van der Waals surface area contributed by atoms with Crippen LogP contribution in [-0.4, -0.2) is 33.0 Å². The van der Waals surface area contributed by atoms with Crippen LogP contribution in [0, 0.1) is 0 Å². The predicted molar refractivity (Wildman–Crippen MR) is 87.5 cm³/mol. The lowest BCUT2D eigenvalue weighted by Crippen LogP contribution is -2.32. The third kappa shape index (κ3) is 3.57. The Hall–Kier alpha value is -3.22. The molecule has 2 heterocycles. The summed E-state index contributed by atoms with van der Waals surface area (Å²) in [6.07, 6.45) is 4.79. The zero-order valence-electron chi connectivity index (χ0n) is 13.2. The third-order valence-electron chi connectivity index (χ3n) is 3.53. The molecule has 122 valence electrons. The minimum Gasteiger partial charge on any atom is -0.480 e. The van der Waals surface area contributed by atoms with Crippen molar-refractivity contribution in [3.63, 3.8) is 0 Å². The standard InChI is InChI=1S/C17H17N5O2/c1-24-17-14(8-5-9-18-17)16(23)21-15(12-22-19-10-11-20-22)13-6-3-2-4-7-13/h2-11,15H,12H2,1H3,(H,21,23)/t15-/m1/s1. The molecule has 0 fully saturated rings. The maximum atomic E-state index is 12.7. The number of carbonyl (C=O) groups is 1. The molecule has 0 spiro atoms. The number of methoxy groups -OCH3 is 1. The first kappa shape index (κ1) is 15.7. The van der Waals surface area contributed by atoms with E-state index in [1.165, 1.54) is 7.11 Å².